The number of nitrogens with one attached hydrogen (secondary N) is 1. The molecular weight excluding hydrogens is 251 g/mol. The van der Waals surface area contributed by atoms with Crippen LogP contribution >= 0.6 is 0 Å². The summed E-state index contributed by atoms with van der Waals surface area (Å²) >= 11 is 0. The number of ether oxygens (including phenoxy) is 1. The molecule has 1 N–H and O–H groups in total. The van der Waals surface area contributed by atoms with Crippen LogP contribution < -0.4 is 5.32 Å². The Kier molecular flexibility index (Phi) is 3.99. The van der Waals surface area contributed by atoms with Crippen molar-refractivity contribution in [2.45, 2.75) is 44.9 Å². The molecule has 0 spiro atoms. The first kappa shape index (κ1) is 13.7. The van der Waals surface area contributed by atoms with E-state index in [0.717, 1.165) is 18.9 Å². The van der Waals surface area contributed by atoms with E-state index in [9.17, 15) is 14.5 Å². The molecule has 2 atom stereocenters. The fourth-order valence-corrected chi connectivity index (χ4v) is 2.53. The zero-order valence-corrected chi connectivity index (χ0v) is 10.9. The lowest BCUT2D eigenvalue weighted by molar-refractivity contribution is -0.384. The highest BCUT2D eigenvalue weighted by atomic mass is 19.1. The molecule has 0 aliphatic carbocycles. The number of anilines is 1. The van der Waals surface area contributed by atoms with E-state index in [0.29, 0.717) is 0 Å². The molecule has 6 heteroatoms. The van der Waals surface area contributed by atoms with Crippen LogP contribution in [0, 0.1) is 15.9 Å². The third kappa shape index (κ3) is 3.41. The maximum Gasteiger partial charge on any atom is 0.292 e. The van der Waals surface area contributed by atoms with Crippen molar-refractivity contribution in [3.8, 4) is 0 Å². The number of rotatable bonds is 3. The molecule has 1 heterocycles. The highest BCUT2D eigenvalue weighted by molar-refractivity contribution is 5.61. The van der Waals surface area contributed by atoms with Crippen LogP contribution in [0.1, 0.15) is 26.7 Å². The molecule has 1 aliphatic heterocycles. The van der Waals surface area contributed by atoms with Crippen molar-refractivity contribution < 1.29 is 14.1 Å². The number of hydrogen-bond acceptors (Lipinski definition) is 4. The average molecular weight is 268 g/mol. The van der Waals surface area contributed by atoms with Gasteiger partial charge in [-0.3, -0.25) is 10.1 Å². The summed E-state index contributed by atoms with van der Waals surface area (Å²) in [5.41, 5.74) is 0.129. The van der Waals surface area contributed by atoms with E-state index in [-0.39, 0.29) is 29.6 Å². The van der Waals surface area contributed by atoms with Crippen LogP contribution in [0.25, 0.3) is 0 Å². The molecule has 1 fully saturated rings. The van der Waals surface area contributed by atoms with Gasteiger partial charge in [-0.05, 0) is 32.8 Å². The van der Waals surface area contributed by atoms with Crippen molar-refractivity contribution in [2.24, 2.45) is 0 Å². The predicted octanol–water partition coefficient (Wildman–Crippen LogP) is 3.10. The number of benzene rings is 1. The molecule has 1 aliphatic rings. The van der Waals surface area contributed by atoms with Gasteiger partial charge in [-0.25, -0.2) is 4.39 Å². The van der Waals surface area contributed by atoms with Crippen molar-refractivity contribution in [1.82, 2.24) is 0 Å². The number of hydrogen-bond donors (Lipinski definition) is 1. The Labute approximate surface area is 110 Å². The number of halogens is 1. The average Bonchev–Trinajstić information content (AvgIpc) is 2.26. The SMILES string of the molecule is CC1CC(Nc2cc(F)ccc2[N+](=O)[O-])CC(C)O1. The van der Waals surface area contributed by atoms with Crippen molar-refractivity contribution in [3.63, 3.8) is 0 Å². The highest BCUT2D eigenvalue weighted by Crippen LogP contribution is 2.29. The Morgan fingerprint density at radius 1 is 1.37 bits per heavy atom. The lowest BCUT2D eigenvalue weighted by atomic mass is 9.99. The highest BCUT2D eigenvalue weighted by Gasteiger charge is 2.26. The van der Waals surface area contributed by atoms with Crippen molar-refractivity contribution >= 4 is 11.4 Å². The summed E-state index contributed by atoms with van der Waals surface area (Å²) in [6.07, 6.45) is 1.68. The maximum absolute atomic E-state index is 13.2. The van der Waals surface area contributed by atoms with Crippen LogP contribution in [-0.4, -0.2) is 23.2 Å². The standard InChI is InChI=1S/C13H17FN2O3/c1-8-5-11(6-9(2)19-8)15-12-7-10(14)3-4-13(12)16(17)18/h3-4,7-9,11,15H,5-6H2,1-2H3. The van der Waals surface area contributed by atoms with Gasteiger partial charge in [0, 0.05) is 18.2 Å². The van der Waals surface area contributed by atoms with Crippen LogP contribution in [0.2, 0.25) is 0 Å². The Hall–Kier alpha value is -1.69. The van der Waals surface area contributed by atoms with Gasteiger partial charge >= 0.3 is 0 Å². The zero-order chi connectivity index (χ0) is 14.0. The van der Waals surface area contributed by atoms with Crippen LogP contribution in [-0.2, 0) is 4.74 Å². The van der Waals surface area contributed by atoms with Gasteiger partial charge in [0.15, 0.2) is 0 Å². The summed E-state index contributed by atoms with van der Waals surface area (Å²) < 4.78 is 18.8. The van der Waals surface area contributed by atoms with Crippen molar-refractivity contribution in [2.75, 3.05) is 5.32 Å². The van der Waals surface area contributed by atoms with Gasteiger partial charge in [0.25, 0.3) is 5.69 Å². The molecule has 0 radical (unpaired) electrons. The summed E-state index contributed by atoms with van der Waals surface area (Å²) in [6, 6.07) is 3.50. The smallest absolute Gasteiger partial charge is 0.292 e. The largest absolute Gasteiger partial charge is 0.376 e. The Morgan fingerprint density at radius 3 is 2.58 bits per heavy atom. The minimum atomic E-state index is -0.506. The summed E-state index contributed by atoms with van der Waals surface area (Å²) in [5.74, 6) is -0.485. The van der Waals surface area contributed by atoms with E-state index in [2.05, 4.69) is 5.32 Å². The van der Waals surface area contributed by atoms with E-state index in [4.69, 9.17) is 4.74 Å². The summed E-state index contributed by atoms with van der Waals surface area (Å²) in [5, 5.41) is 14.0. The first-order valence-corrected chi connectivity index (χ1v) is 6.31. The molecule has 104 valence electrons. The molecule has 0 aromatic heterocycles. The van der Waals surface area contributed by atoms with E-state index in [1.165, 1.54) is 12.1 Å². The fraction of sp³-hybridized carbons (Fsp3) is 0.538. The molecular formula is C13H17FN2O3. The van der Waals surface area contributed by atoms with E-state index in [1.807, 2.05) is 13.8 Å². The Morgan fingerprint density at radius 2 is 2.00 bits per heavy atom. The van der Waals surface area contributed by atoms with Crippen LogP contribution in [0.15, 0.2) is 18.2 Å². The lowest BCUT2D eigenvalue weighted by Crippen LogP contribution is -2.37. The van der Waals surface area contributed by atoms with Crippen LogP contribution in [0.5, 0.6) is 0 Å². The van der Waals surface area contributed by atoms with Gasteiger partial charge in [-0.15, -0.1) is 0 Å². The molecule has 1 saturated heterocycles. The minimum absolute atomic E-state index is 0.0549. The first-order valence-electron chi connectivity index (χ1n) is 6.31. The number of nitro benzene ring substituents is 1. The third-order valence-corrected chi connectivity index (χ3v) is 3.21. The normalized spacial score (nSPS) is 27.0. The lowest BCUT2D eigenvalue weighted by Gasteiger charge is -2.33. The third-order valence-electron chi connectivity index (χ3n) is 3.21. The van der Waals surface area contributed by atoms with E-state index < -0.39 is 10.7 Å². The topological polar surface area (TPSA) is 64.4 Å². The van der Waals surface area contributed by atoms with Crippen LogP contribution in [0.4, 0.5) is 15.8 Å². The number of nitrogens with zero attached hydrogens (tertiary/aromatic N) is 1. The predicted molar refractivity (Wildman–Crippen MR) is 69.7 cm³/mol. The molecule has 2 unspecified atom stereocenters. The summed E-state index contributed by atoms with van der Waals surface area (Å²) in [4.78, 5) is 10.4. The minimum Gasteiger partial charge on any atom is -0.376 e. The van der Waals surface area contributed by atoms with E-state index in [1.54, 1.807) is 0 Å². The van der Waals surface area contributed by atoms with Gasteiger partial charge in [0.2, 0.25) is 0 Å². The quantitative estimate of drug-likeness (QED) is 0.675. The van der Waals surface area contributed by atoms with Gasteiger partial charge in [-0.1, -0.05) is 0 Å². The monoisotopic (exact) mass is 268 g/mol. The summed E-state index contributed by atoms with van der Waals surface area (Å²) in [7, 11) is 0. The van der Waals surface area contributed by atoms with E-state index >= 15 is 0 Å². The Balaban J connectivity index is 2.18. The van der Waals surface area contributed by atoms with Crippen molar-refractivity contribution in [1.29, 1.82) is 0 Å². The second-order valence-corrected chi connectivity index (χ2v) is 4.99. The maximum atomic E-state index is 13.2. The number of nitro groups is 1. The zero-order valence-electron chi connectivity index (χ0n) is 10.9. The molecule has 0 amide bonds. The molecule has 0 bridgehead atoms. The van der Waals surface area contributed by atoms with Gasteiger partial charge in [0.1, 0.15) is 11.5 Å². The fourth-order valence-electron chi connectivity index (χ4n) is 2.53. The van der Waals surface area contributed by atoms with Crippen molar-refractivity contribution in [3.05, 3.63) is 34.1 Å². The molecule has 19 heavy (non-hydrogen) atoms. The van der Waals surface area contributed by atoms with Crippen LogP contribution in [0.3, 0.4) is 0 Å². The molecule has 2 rings (SSSR count). The second kappa shape index (κ2) is 5.52. The Bertz CT molecular complexity index is 471. The molecule has 1 aromatic rings. The van der Waals surface area contributed by atoms with Gasteiger partial charge < -0.3 is 10.1 Å². The first-order chi connectivity index (χ1) is 8.95. The molecule has 5 nitrogen and oxygen atoms in total. The molecule has 0 saturated carbocycles. The summed E-state index contributed by atoms with van der Waals surface area (Å²) in [6.45, 7) is 3.93. The molecule has 1 aromatic carbocycles. The second-order valence-electron chi connectivity index (χ2n) is 4.99. The van der Waals surface area contributed by atoms with Gasteiger partial charge in [-0.2, -0.15) is 0 Å². The van der Waals surface area contributed by atoms with Gasteiger partial charge in [0.05, 0.1) is 17.1 Å².